The molecule has 3 heteroatoms. The summed E-state index contributed by atoms with van der Waals surface area (Å²) >= 11 is 2.33. The van der Waals surface area contributed by atoms with Gasteiger partial charge in [0.25, 0.3) is 0 Å². The Labute approximate surface area is 146 Å². The lowest BCUT2D eigenvalue weighted by atomic mass is 10.1. The fourth-order valence-electron chi connectivity index (χ4n) is 2.35. The summed E-state index contributed by atoms with van der Waals surface area (Å²) in [6, 6.07) is 8.64. The number of allylic oxidation sites excluding steroid dienone is 6. The number of halogens is 1. The highest BCUT2D eigenvalue weighted by molar-refractivity contribution is 14.1. The number of hydrogen-bond acceptors (Lipinski definition) is 2. The Balaban J connectivity index is 1.74. The van der Waals surface area contributed by atoms with E-state index in [1.54, 1.807) is 0 Å². The van der Waals surface area contributed by atoms with Crippen molar-refractivity contribution in [1.82, 2.24) is 0 Å². The van der Waals surface area contributed by atoms with Crippen molar-refractivity contribution in [1.29, 1.82) is 5.26 Å². The summed E-state index contributed by atoms with van der Waals surface area (Å²) in [6.45, 7) is 3.53. The molecule has 0 spiro atoms. The first-order valence-electron chi connectivity index (χ1n) is 7.49. The molecule has 0 unspecified atom stereocenters. The number of nitriles is 1. The van der Waals surface area contributed by atoms with Crippen LogP contribution in [0.15, 0.2) is 53.6 Å². The van der Waals surface area contributed by atoms with Gasteiger partial charge in [0.2, 0.25) is 0 Å². The standard InChI is InChI=1S/C19H20INO/c1-15-11-19(20)9-8-18(15)14-22-10-4-7-16-5-2-3-6-17(12-16)13-21/h3,5-6,8-9,11-12H,2,4,7,10,14H2,1H3. The minimum absolute atomic E-state index is 0.669. The summed E-state index contributed by atoms with van der Waals surface area (Å²) in [5.74, 6) is 0. The zero-order chi connectivity index (χ0) is 15.8. The van der Waals surface area contributed by atoms with E-state index in [-0.39, 0.29) is 0 Å². The van der Waals surface area contributed by atoms with Crippen LogP contribution in [0.2, 0.25) is 0 Å². The summed E-state index contributed by atoms with van der Waals surface area (Å²) in [5, 5.41) is 8.99. The highest BCUT2D eigenvalue weighted by Gasteiger charge is 2.02. The molecule has 1 aromatic carbocycles. The van der Waals surface area contributed by atoms with E-state index in [0.717, 1.165) is 31.4 Å². The van der Waals surface area contributed by atoms with Crippen LogP contribution in [0, 0.1) is 21.8 Å². The lowest BCUT2D eigenvalue weighted by Crippen LogP contribution is -1.98. The van der Waals surface area contributed by atoms with E-state index in [9.17, 15) is 0 Å². The van der Waals surface area contributed by atoms with Gasteiger partial charge < -0.3 is 4.74 Å². The summed E-state index contributed by atoms with van der Waals surface area (Å²) in [4.78, 5) is 0. The molecule has 0 saturated carbocycles. The van der Waals surface area contributed by atoms with E-state index < -0.39 is 0 Å². The molecule has 0 fully saturated rings. The van der Waals surface area contributed by atoms with Crippen LogP contribution < -0.4 is 0 Å². The molecule has 1 aliphatic carbocycles. The lowest BCUT2D eigenvalue weighted by molar-refractivity contribution is 0.118. The highest BCUT2D eigenvalue weighted by atomic mass is 127. The molecule has 1 aliphatic rings. The molecule has 0 atom stereocenters. The minimum Gasteiger partial charge on any atom is -0.377 e. The van der Waals surface area contributed by atoms with Crippen LogP contribution in [0.3, 0.4) is 0 Å². The first-order chi connectivity index (χ1) is 10.7. The Kier molecular flexibility index (Phi) is 6.88. The third-order valence-electron chi connectivity index (χ3n) is 3.60. The SMILES string of the molecule is Cc1cc(I)ccc1COCCCC1=CCC=CC(C#N)=C1. The zero-order valence-electron chi connectivity index (χ0n) is 12.8. The summed E-state index contributed by atoms with van der Waals surface area (Å²) in [6.07, 6.45) is 10.9. The van der Waals surface area contributed by atoms with Gasteiger partial charge in [0.15, 0.2) is 0 Å². The van der Waals surface area contributed by atoms with Gasteiger partial charge in [0, 0.05) is 10.2 Å². The van der Waals surface area contributed by atoms with Crippen LogP contribution >= 0.6 is 22.6 Å². The van der Waals surface area contributed by atoms with Crippen LogP contribution in [0.25, 0.3) is 0 Å². The van der Waals surface area contributed by atoms with Crippen molar-refractivity contribution >= 4 is 22.6 Å². The molecular weight excluding hydrogens is 385 g/mol. The smallest absolute Gasteiger partial charge is 0.0991 e. The second kappa shape index (κ2) is 8.92. The molecule has 2 rings (SSSR count). The summed E-state index contributed by atoms with van der Waals surface area (Å²) in [7, 11) is 0. The van der Waals surface area contributed by atoms with Crippen molar-refractivity contribution < 1.29 is 4.74 Å². The van der Waals surface area contributed by atoms with Crippen molar-refractivity contribution in [2.45, 2.75) is 32.8 Å². The molecule has 0 radical (unpaired) electrons. The predicted octanol–water partition coefficient (Wildman–Crippen LogP) is 5.23. The Morgan fingerprint density at radius 2 is 2.23 bits per heavy atom. The van der Waals surface area contributed by atoms with Gasteiger partial charge in [-0.05, 0) is 84.2 Å². The molecular formula is C19H20INO. The van der Waals surface area contributed by atoms with Crippen LogP contribution in [-0.2, 0) is 11.3 Å². The molecule has 0 heterocycles. The third kappa shape index (κ3) is 5.43. The van der Waals surface area contributed by atoms with Crippen LogP contribution in [0.5, 0.6) is 0 Å². The monoisotopic (exact) mass is 405 g/mol. The first-order valence-corrected chi connectivity index (χ1v) is 8.57. The molecule has 0 saturated heterocycles. The number of ether oxygens (including phenoxy) is 1. The Bertz CT molecular complexity index is 650. The van der Waals surface area contributed by atoms with E-state index >= 15 is 0 Å². The molecule has 0 amide bonds. The van der Waals surface area contributed by atoms with Crippen molar-refractivity contribution in [3.63, 3.8) is 0 Å². The Morgan fingerprint density at radius 3 is 3.00 bits per heavy atom. The zero-order valence-corrected chi connectivity index (χ0v) is 15.0. The number of hydrogen-bond donors (Lipinski definition) is 0. The summed E-state index contributed by atoms with van der Waals surface area (Å²) < 4.78 is 7.04. The van der Waals surface area contributed by atoms with Gasteiger partial charge in [-0.15, -0.1) is 0 Å². The number of aryl methyl sites for hydroxylation is 1. The number of nitrogens with zero attached hydrogens (tertiary/aromatic N) is 1. The Morgan fingerprint density at radius 1 is 1.36 bits per heavy atom. The maximum Gasteiger partial charge on any atom is 0.0991 e. The van der Waals surface area contributed by atoms with Gasteiger partial charge in [0.05, 0.1) is 18.2 Å². The van der Waals surface area contributed by atoms with Crippen molar-refractivity contribution in [2.24, 2.45) is 0 Å². The molecule has 0 aliphatic heterocycles. The molecule has 1 aromatic rings. The maximum atomic E-state index is 8.99. The molecule has 2 nitrogen and oxygen atoms in total. The average Bonchev–Trinajstić information content (AvgIpc) is 2.74. The van der Waals surface area contributed by atoms with Gasteiger partial charge in [-0.3, -0.25) is 0 Å². The fourth-order valence-corrected chi connectivity index (χ4v) is 2.99. The second-order valence-corrected chi connectivity index (χ2v) is 6.60. The quantitative estimate of drug-likeness (QED) is 0.480. The van der Waals surface area contributed by atoms with Gasteiger partial charge in [-0.1, -0.05) is 23.8 Å². The van der Waals surface area contributed by atoms with Crippen LogP contribution in [-0.4, -0.2) is 6.61 Å². The van der Waals surface area contributed by atoms with Gasteiger partial charge in [-0.2, -0.15) is 5.26 Å². The van der Waals surface area contributed by atoms with Crippen LogP contribution in [0.4, 0.5) is 0 Å². The Hall–Kier alpha value is -1.38. The molecule has 0 bridgehead atoms. The predicted molar refractivity (Wildman–Crippen MR) is 98.3 cm³/mol. The fraction of sp³-hybridized carbons (Fsp3) is 0.316. The van der Waals surface area contributed by atoms with E-state index in [1.165, 1.54) is 20.3 Å². The molecule has 114 valence electrons. The summed E-state index contributed by atoms with van der Waals surface area (Å²) in [5.41, 5.74) is 4.51. The van der Waals surface area contributed by atoms with E-state index in [0.29, 0.717) is 6.61 Å². The average molecular weight is 405 g/mol. The van der Waals surface area contributed by atoms with Gasteiger partial charge >= 0.3 is 0 Å². The minimum atomic E-state index is 0.669. The van der Waals surface area contributed by atoms with Crippen molar-refractivity contribution in [2.75, 3.05) is 6.61 Å². The highest BCUT2D eigenvalue weighted by Crippen LogP contribution is 2.17. The number of rotatable bonds is 6. The van der Waals surface area contributed by atoms with Gasteiger partial charge in [-0.25, -0.2) is 0 Å². The molecule has 0 aromatic heterocycles. The van der Waals surface area contributed by atoms with Crippen molar-refractivity contribution in [3.05, 3.63) is 68.3 Å². The first kappa shape index (κ1) is 17.0. The number of benzene rings is 1. The van der Waals surface area contributed by atoms with E-state index in [1.807, 2.05) is 18.2 Å². The topological polar surface area (TPSA) is 33.0 Å². The lowest BCUT2D eigenvalue weighted by Gasteiger charge is -2.08. The van der Waals surface area contributed by atoms with Crippen molar-refractivity contribution in [3.8, 4) is 6.07 Å². The van der Waals surface area contributed by atoms with E-state index in [2.05, 4.69) is 59.9 Å². The largest absolute Gasteiger partial charge is 0.377 e. The third-order valence-corrected chi connectivity index (χ3v) is 4.27. The van der Waals surface area contributed by atoms with Gasteiger partial charge in [0.1, 0.15) is 0 Å². The maximum absolute atomic E-state index is 8.99. The molecule has 22 heavy (non-hydrogen) atoms. The molecule has 0 N–H and O–H groups in total. The van der Waals surface area contributed by atoms with E-state index in [4.69, 9.17) is 10.00 Å². The normalized spacial score (nSPS) is 14.0. The second-order valence-electron chi connectivity index (χ2n) is 5.36. The van der Waals surface area contributed by atoms with Crippen LogP contribution in [0.1, 0.15) is 30.4 Å².